The van der Waals surface area contributed by atoms with E-state index in [-0.39, 0.29) is 17.6 Å². The van der Waals surface area contributed by atoms with Crippen LogP contribution in [0.25, 0.3) is 0 Å². The van der Waals surface area contributed by atoms with Gasteiger partial charge in [0.15, 0.2) is 6.61 Å². The molecule has 0 aliphatic carbocycles. The number of hydrogen-bond acceptors (Lipinski definition) is 3. The summed E-state index contributed by atoms with van der Waals surface area (Å²) in [4.78, 5) is 11.8. The molecule has 0 radical (unpaired) electrons. The Kier molecular flexibility index (Phi) is 6.87. The van der Waals surface area contributed by atoms with Gasteiger partial charge >= 0.3 is 6.18 Å². The van der Waals surface area contributed by atoms with E-state index in [1.54, 1.807) is 6.07 Å². The highest BCUT2D eigenvalue weighted by Gasteiger charge is 2.32. The van der Waals surface area contributed by atoms with Crippen molar-refractivity contribution in [2.24, 2.45) is 5.10 Å². The summed E-state index contributed by atoms with van der Waals surface area (Å²) in [5.41, 5.74) is 2.26. The molecule has 2 aromatic carbocycles. The first-order valence-corrected chi connectivity index (χ1v) is 9.19. The van der Waals surface area contributed by atoms with E-state index in [9.17, 15) is 18.0 Å². The zero-order valence-electron chi connectivity index (χ0n) is 15.6. The molecule has 2 aromatic rings. The third kappa shape index (κ3) is 6.09. The van der Waals surface area contributed by atoms with E-state index in [0.29, 0.717) is 10.2 Å². The molecule has 0 unspecified atom stereocenters. The van der Waals surface area contributed by atoms with Crippen LogP contribution < -0.4 is 10.2 Å². The van der Waals surface area contributed by atoms with Gasteiger partial charge in [0.25, 0.3) is 5.91 Å². The maximum Gasteiger partial charge on any atom is 0.417 e. The number of carbonyl (C=O) groups excluding carboxylic acids is 1. The summed E-state index contributed by atoms with van der Waals surface area (Å²) >= 11 is 3.41. The summed E-state index contributed by atoms with van der Waals surface area (Å²) < 4.78 is 44.9. The van der Waals surface area contributed by atoms with Crippen molar-refractivity contribution < 1.29 is 22.7 Å². The van der Waals surface area contributed by atoms with Gasteiger partial charge in [-0.05, 0) is 45.1 Å². The van der Waals surface area contributed by atoms with E-state index < -0.39 is 17.6 Å². The minimum atomic E-state index is -4.50. The molecular formula is C20H20BrF3N2O2. The van der Waals surface area contributed by atoms with E-state index in [0.717, 1.165) is 17.8 Å². The lowest BCUT2D eigenvalue weighted by Gasteiger charge is -2.20. The summed E-state index contributed by atoms with van der Waals surface area (Å²) in [7, 11) is 0. The number of rotatable bonds is 5. The fraction of sp³-hybridized carbons (Fsp3) is 0.300. The predicted molar refractivity (Wildman–Crippen MR) is 106 cm³/mol. The van der Waals surface area contributed by atoms with Crippen molar-refractivity contribution in [1.82, 2.24) is 5.43 Å². The van der Waals surface area contributed by atoms with Crippen LogP contribution in [0.4, 0.5) is 13.2 Å². The summed E-state index contributed by atoms with van der Waals surface area (Å²) in [6, 6.07) is 10.5. The van der Waals surface area contributed by atoms with E-state index in [2.05, 4.69) is 47.2 Å². The van der Waals surface area contributed by atoms with Crippen molar-refractivity contribution in [1.29, 1.82) is 0 Å². The normalized spacial score (nSPS) is 12.2. The molecule has 0 atom stereocenters. The number of amides is 1. The quantitative estimate of drug-likeness (QED) is 0.490. The standard InChI is InChI=1S/C20H20BrF3N2O2/c1-19(2,3)14-8-9-17(16(21)10-14)28-12-18(27)26-25-11-13-6-4-5-7-15(13)20(22,23)24/h4-11H,12H2,1-3H3,(H,26,27). The van der Waals surface area contributed by atoms with Gasteiger partial charge in [-0.25, -0.2) is 5.43 Å². The Morgan fingerprint density at radius 3 is 2.46 bits per heavy atom. The third-order valence-corrected chi connectivity index (χ3v) is 4.44. The van der Waals surface area contributed by atoms with Crippen molar-refractivity contribution in [3.63, 3.8) is 0 Å². The van der Waals surface area contributed by atoms with E-state index in [1.165, 1.54) is 18.2 Å². The number of ether oxygens (including phenoxy) is 1. The second kappa shape index (κ2) is 8.77. The molecule has 2 rings (SSSR count). The van der Waals surface area contributed by atoms with Gasteiger partial charge in [0.05, 0.1) is 16.3 Å². The molecule has 0 aliphatic heterocycles. The number of alkyl halides is 3. The van der Waals surface area contributed by atoms with Crippen molar-refractivity contribution in [2.75, 3.05) is 6.61 Å². The van der Waals surface area contributed by atoms with Crippen LogP contribution in [0.2, 0.25) is 0 Å². The van der Waals surface area contributed by atoms with Crippen molar-refractivity contribution in [3.05, 3.63) is 63.6 Å². The molecule has 0 heterocycles. The maximum atomic E-state index is 12.9. The molecule has 4 nitrogen and oxygen atoms in total. The van der Waals surface area contributed by atoms with Gasteiger partial charge in [-0.15, -0.1) is 0 Å². The lowest BCUT2D eigenvalue weighted by atomic mass is 9.87. The van der Waals surface area contributed by atoms with Crippen LogP contribution >= 0.6 is 15.9 Å². The molecule has 8 heteroatoms. The van der Waals surface area contributed by atoms with Crippen LogP contribution in [0.3, 0.4) is 0 Å². The van der Waals surface area contributed by atoms with E-state index in [1.807, 2.05) is 12.1 Å². The first-order valence-electron chi connectivity index (χ1n) is 8.39. The molecule has 0 fully saturated rings. The Bertz CT molecular complexity index is 874. The van der Waals surface area contributed by atoms with E-state index >= 15 is 0 Å². The number of hydrogen-bond donors (Lipinski definition) is 1. The van der Waals surface area contributed by atoms with Gasteiger partial charge in [-0.1, -0.05) is 45.0 Å². The van der Waals surface area contributed by atoms with Crippen LogP contribution in [-0.2, 0) is 16.4 Å². The molecule has 0 bridgehead atoms. The lowest BCUT2D eigenvalue weighted by molar-refractivity contribution is -0.137. The minimum Gasteiger partial charge on any atom is -0.483 e. The predicted octanol–water partition coefficient (Wildman–Crippen LogP) is 5.29. The fourth-order valence-electron chi connectivity index (χ4n) is 2.30. The Labute approximate surface area is 169 Å². The molecule has 0 aliphatic rings. The average Bonchev–Trinajstić information content (AvgIpc) is 2.59. The SMILES string of the molecule is CC(C)(C)c1ccc(OCC(=O)NN=Cc2ccccc2C(F)(F)F)c(Br)c1. The largest absolute Gasteiger partial charge is 0.483 e. The summed E-state index contributed by atoms with van der Waals surface area (Å²) in [6.07, 6.45) is -3.55. The van der Waals surface area contributed by atoms with Gasteiger partial charge in [-0.3, -0.25) is 4.79 Å². The van der Waals surface area contributed by atoms with Gasteiger partial charge < -0.3 is 4.74 Å². The molecule has 28 heavy (non-hydrogen) atoms. The zero-order valence-corrected chi connectivity index (χ0v) is 17.2. The molecule has 0 spiro atoms. The Morgan fingerprint density at radius 1 is 1.18 bits per heavy atom. The highest BCUT2D eigenvalue weighted by atomic mass is 79.9. The maximum absolute atomic E-state index is 12.9. The second-order valence-corrected chi connectivity index (χ2v) is 7.92. The number of nitrogens with zero attached hydrogens (tertiary/aromatic N) is 1. The molecule has 0 saturated carbocycles. The number of hydrazone groups is 1. The topological polar surface area (TPSA) is 50.7 Å². The molecule has 0 saturated heterocycles. The average molecular weight is 457 g/mol. The smallest absolute Gasteiger partial charge is 0.417 e. The molecule has 1 amide bonds. The number of nitrogens with one attached hydrogen (secondary N) is 1. The highest BCUT2D eigenvalue weighted by molar-refractivity contribution is 9.10. The lowest BCUT2D eigenvalue weighted by Crippen LogP contribution is -2.25. The van der Waals surface area contributed by atoms with Crippen molar-refractivity contribution in [3.8, 4) is 5.75 Å². The van der Waals surface area contributed by atoms with Gasteiger partial charge in [0.1, 0.15) is 5.75 Å². The van der Waals surface area contributed by atoms with E-state index in [4.69, 9.17) is 4.74 Å². The number of halogens is 4. The monoisotopic (exact) mass is 456 g/mol. The van der Waals surface area contributed by atoms with Gasteiger partial charge in [0, 0.05) is 5.56 Å². The number of carbonyl (C=O) groups is 1. The number of benzene rings is 2. The summed E-state index contributed by atoms with van der Waals surface area (Å²) in [6.45, 7) is 5.92. The zero-order chi connectivity index (χ0) is 20.9. The van der Waals surface area contributed by atoms with Crippen LogP contribution in [0, 0.1) is 0 Å². The first-order chi connectivity index (χ1) is 13.0. The third-order valence-electron chi connectivity index (χ3n) is 3.82. The first kappa shape index (κ1) is 21.9. The molecule has 1 N–H and O–H groups in total. The summed E-state index contributed by atoms with van der Waals surface area (Å²) in [5.74, 6) is -0.109. The Hall–Kier alpha value is -2.35. The molecule has 150 valence electrons. The second-order valence-electron chi connectivity index (χ2n) is 7.06. The minimum absolute atomic E-state index is 0.0279. The molecular weight excluding hydrogens is 437 g/mol. The summed E-state index contributed by atoms with van der Waals surface area (Å²) in [5, 5.41) is 3.58. The van der Waals surface area contributed by atoms with Gasteiger partial charge in [-0.2, -0.15) is 18.3 Å². The van der Waals surface area contributed by atoms with Crippen LogP contribution in [0.5, 0.6) is 5.75 Å². The highest BCUT2D eigenvalue weighted by Crippen LogP contribution is 2.32. The Balaban J connectivity index is 1.95. The van der Waals surface area contributed by atoms with Crippen molar-refractivity contribution >= 4 is 28.1 Å². The van der Waals surface area contributed by atoms with Crippen LogP contribution in [-0.4, -0.2) is 18.7 Å². The Morgan fingerprint density at radius 2 is 1.86 bits per heavy atom. The molecule has 0 aromatic heterocycles. The van der Waals surface area contributed by atoms with Crippen molar-refractivity contribution in [2.45, 2.75) is 32.4 Å². The van der Waals surface area contributed by atoms with Gasteiger partial charge in [0.2, 0.25) is 0 Å². The van der Waals surface area contributed by atoms with Crippen LogP contribution in [0.15, 0.2) is 52.0 Å². The van der Waals surface area contributed by atoms with Crippen LogP contribution in [0.1, 0.15) is 37.5 Å². The fourth-order valence-corrected chi connectivity index (χ4v) is 2.79.